The molecule has 0 amide bonds. The second-order valence-electron chi connectivity index (χ2n) is 4.40. The first kappa shape index (κ1) is 11.7. The van der Waals surface area contributed by atoms with E-state index in [0.29, 0.717) is 0 Å². The molecule has 0 saturated heterocycles. The van der Waals surface area contributed by atoms with Crippen LogP contribution >= 0.6 is 0 Å². The monoisotopic (exact) mass is 222 g/mol. The van der Waals surface area contributed by atoms with Crippen molar-refractivity contribution in [2.45, 2.75) is 19.8 Å². The summed E-state index contributed by atoms with van der Waals surface area (Å²) in [6, 6.07) is 21.2. The van der Waals surface area contributed by atoms with Crippen molar-refractivity contribution >= 4 is 0 Å². The van der Waals surface area contributed by atoms with E-state index in [2.05, 4.69) is 73.7 Å². The molecule has 0 bridgehead atoms. The Balaban J connectivity index is 1.94. The smallest absolute Gasteiger partial charge is 0.00698 e. The molecule has 0 aliphatic carbocycles. The second kappa shape index (κ2) is 6.05. The topological polar surface area (TPSA) is 0 Å². The molecule has 0 atom stereocenters. The summed E-state index contributed by atoms with van der Waals surface area (Å²) in [6.45, 7) is 2.20. The summed E-state index contributed by atoms with van der Waals surface area (Å²) in [5, 5.41) is 0. The van der Waals surface area contributed by atoms with Crippen LogP contribution in [0.2, 0.25) is 0 Å². The largest absolute Gasteiger partial charge is 0.0809 e. The lowest BCUT2D eigenvalue weighted by Crippen LogP contribution is -1.88. The Kier molecular flexibility index (Phi) is 4.15. The van der Waals surface area contributed by atoms with Gasteiger partial charge in [0.2, 0.25) is 0 Å². The number of benzene rings is 2. The summed E-state index contributed by atoms with van der Waals surface area (Å²) < 4.78 is 0. The van der Waals surface area contributed by atoms with Crippen LogP contribution in [0.15, 0.2) is 72.3 Å². The molecule has 0 heterocycles. The van der Waals surface area contributed by atoms with Gasteiger partial charge in [-0.05, 0) is 30.9 Å². The van der Waals surface area contributed by atoms with Gasteiger partial charge in [-0.3, -0.25) is 0 Å². The van der Waals surface area contributed by atoms with Crippen LogP contribution < -0.4 is 0 Å². The van der Waals surface area contributed by atoms with E-state index in [1.54, 1.807) is 0 Å². The minimum atomic E-state index is 1.03. The zero-order valence-corrected chi connectivity index (χ0v) is 10.3. The molecule has 0 fully saturated rings. The van der Waals surface area contributed by atoms with Crippen LogP contribution in [0, 0.1) is 0 Å². The summed E-state index contributed by atoms with van der Waals surface area (Å²) in [5.74, 6) is 0. The fourth-order valence-corrected chi connectivity index (χ4v) is 1.90. The highest BCUT2D eigenvalue weighted by molar-refractivity contribution is 5.23. The summed E-state index contributed by atoms with van der Waals surface area (Å²) in [5.41, 5.74) is 4.19. The molecule has 0 aliphatic heterocycles. The third-order valence-electron chi connectivity index (χ3n) is 2.85. The van der Waals surface area contributed by atoms with Crippen molar-refractivity contribution in [1.82, 2.24) is 0 Å². The van der Waals surface area contributed by atoms with Gasteiger partial charge in [0.15, 0.2) is 0 Å². The lowest BCUT2D eigenvalue weighted by atomic mass is 10.0. The van der Waals surface area contributed by atoms with Gasteiger partial charge >= 0.3 is 0 Å². The van der Waals surface area contributed by atoms with Crippen LogP contribution in [0.1, 0.15) is 18.1 Å². The molecular formula is C17H18. The highest BCUT2D eigenvalue weighted by Crippen LogP contribution is 2.09. The maximum atomic E-state index is 2.32. The van der Waals surface area contributed by atoms with Crippen molar-refractivity contribution in [3.8, 4) is 0 Å². The predicted molar refractivity (Wildman–Crippen MR) is 74.0 cm³/mol. The van der Waals surface area contributed by atoms with Gasteiger partial charge in [0.05, 0.1) is 0 Å². The zero-order chi connectivity index (χ0) is 11.9. The summed E-state index contributed by atoms with van der Waals surface area (Å²) in [6.07, 6.45) is 4.40. The minimum absolute atomic E-state index is 1.03. The van der Waals surface area contributed by atoms with Gasteiger partial charge in [-0.1, -0.05) is 72.3 Å². The van der Waals surface area contributed by atoms with Gasteiger partial charge in [-0.2, -0.15) is 0 Å². The first-order valence-corrected chi connectivity index (χ1v) is 6.08. The molecule has 0 N–H and O–H groups in total. The fraction of sp³-hybridized carbons (Fsp3) is 0.176. The Hall–Kier alpha value is -1.82. The number of hydrogen-bond donors (Lipinski definition) is 0. The number of rotatable bonds is 4. The van der Waals surface area contributed by atoms with E-state index >= 15 is 0 Å². The number of allylic oxidation sites excluding steroid dienone is 2. The van der Waals surface area contributed by atoms with Crippen molar-refractivity contribution in [1.29, 1.82) is 0 Å². The van der Waals surface area contributed by atoms with Crippen LogP contribution in [0.4, 0.5) is 0 Å². The van der Waals surface area contributed by atoms with Crippen LogP contribution in [0.5, 0.6) is 0 Å². The Morgan fingerprint density at radius 1 is 0.824 bits per heavy atom. The first-order valence-electron chi connectivity index (χ1n) is 6.08. The van der Waals surface area contributed by atoms with Gasteiger partial charge in [-0.15, -0.1) is 0 Å². The SMILES string of the molecule is CC(=CCc1ccccc1)Cc1ccccc1. The van der Waals surface area contributed by atoms with Crippen LogP contribution in [-0.4, -0.2) is 0 Å². The van der Waals surface area contributed by atoms with Crippen molar-refractivity contribution in [2.24, 2.45) is 0 Å². The zero-order valence-electron chi connectivity index (χ0n) is 10.3. The highest BCUT2D eigenvalue weighted by Gasteiger charge is 1.94. The predicted octanol–water partition coefficient (Wildman–Crippen LogP) is 4.42. The lowest BCUT2D eigenvalue weighted by Gasteiger charge is -2.02. The molecule has 2 rings (SSSR count). The molecule has 0 spiro atoms. The number of hydrogen-bond acceptors (Lipinski definition) is 0. The average molecular weight is 222 g/mol. The Morgan fingerprint density at radius 2 is 1.35 bits per heavy atom. The van der Waals surface area contributed by atoms with E-state index in [9.17, 15) is 0 Å². The minimum Gasteiger partial charge on any atom is -0.0809 e. The Bertz CT molecular complexity index is 466. The molecular weight excluding hydrogens is 204 g/mol. The maximum Gasteiger partial charge on any atom is -0.00698 e. The second-order valence-corrected chi connectivity index (χ2v) is 4.40. The molecule has 86 valence electrons. The van der Waals surface area contributed by atoms with Gasteiger partial charge in [0.25, 0.3) is 0 Å². The molecule has 2 aromatic carbocycles. The lowest BCUT2D eigenvalue weighted by molar-refractivity contribution is 1.10. The molecule has 0 aromatic heterocycles. The summed E-state index contributed by atoms with van der Waals surface area (Å²) >= 11 is 0. The third-order valence-corrected chi connectivity index (χ3v) is 2.85. The Morgan fingerprint density at radius 3 is 1.94 bits per heavy atom. The highest BCUT2D eigenvalue weighted by atomic mass is 14.0. The van der Waals surface area contributed by atoms with Gasteiger partial charge in [0.1, 0.15) is 0 Å². The van der Waals surface area contributed by atoms with E-state index in [1.165, 1.54) is 16.7 Å². The average Bonchev–Trinajstić information content (AvgIpc) is 2.39. The van der Waals surface area contributed by atoms with Crippen LogP contribution in [-0.2, 0) is 12.8 Å². The summed E-state index contributed by atoms with van der Waals surface area (Å²) in [4.78, 5) is 0. The van der Waals surface area contributed by atoms with Crippen molar-refractivity contribution < 1.29 is 0 Å². The van der Waals surface area contributed by atoms with E-state index in [1.807, 2.05) is 0 Å². The van der Waals surface area contributed by atoms with Crippen molar-refractivity contribution in [3.05, 3.63) is 83.4 Å². The molecule has 0 saturated carbocycles. The van der Waals surface area contributed by atoms with Crippen LogP contribution in [0.25, 0.3) is 0 Å². The van der Waals surface area contributed by atoms with Gasteiger partial charge < -0.3 is 0 Å². The van der Waals surface area contributed by atoms with E-state index in [4.69, 9.17) is 0 Å². The standard InChI is InChI=1S/C17H18/c1-15(14-17-10-6-3-7-11-17)12-13-16-8-4-2-5-9-16/h2-12H,13-14H2,1H3. The fourth-order valence-electron chi connectivity index (χ4n) is 1.90. The van der Waals surface area contributed by atoms with Gasteiger partial charge in [-0.25, -0.2) is 0 Å². The van der Waals surface area contributed by atoms with Crippen LogP contribution in [0.3, 0.4) is 0 Å². The van der Waals surface area contributed by atoms with E-state index in [0.717, 1.165) is 12.8 Å². The molecule has 0 unspecified atom stereocenters. The quantitative estimate of drug-likeness (QED) is 0.672. The van der Waals surface area contributed by atoms with E-state index < -0.39 is 0 Å². The third kappa shape index (κ3) is 3.92. The molecule has 0 heteroatoms. The Labute approximate surface area is 104 Å². The van der Waals surface area contributed by atoms with E-state index in [-0.39, 0.29) is 0 Å². The summed E-state index contributed by atoms with van der Waals surface area (Å²) in [7, 11) is 0. The molecule has 2 aromatic rings. The molecule has 0 aliphatic rings. The van der Waals surface area contributed by atoms with Crippen molar-refractivity contribution in [2.75, 3.05) is 0 Å². The van der Waals surface area contributed by atoms with Gasteiger partial charge in [0, 0.05) is 0 Å². The molecule has 0 radical (unpaired) electrons. The molecule has 17 heavy (non-hydrogen) atoms. The normalized spacial score (nSPS) is 11.5. The maximum absolute atomic E-state index is 2.32. The van der Waals surface area contributed by atoms with Crippen molar-refractivity contribution in [3.63, 3.8) is 0 Å². The first-order chi connectivity index (χ1) is 8.34. The molecule has 0 nitrogen and oxygen atoms in total.